The molecule has 1 heterocycles. The first-order valence-corrected chi connectivity index (χ1v) is 6.17. The van der Waals surface area contributed by atoms with E-state index in [0.717, 1.165) is 0 Å². The molecule has 1 fully saturated rings. The van der Waals surface area contributed by atoms with Gasteiger partial charge < -0.3 is 10.0 Å². The van der Waals surface area contributed by atoms with E-state index >= 15 is 0 Å². The van der Waals surface area contributed by atoms with Gasteiger partial charge >= 0.3 is 0 Å². The molecule has 1 aromatic carbocycles. The molecule has 6 nitrogen and oxygen atoms in total. The fourth-order valence-corrected chi connectivity index (χ4v) is 2.27. The van der Waals surface area contributed by atoms with Crippen molar-refractivity contribution in [3.8, 4) is 0 Å². The van der Waals surface area contributed by atoms with Crippen LogP contribution in [0.5, 0.6) is 0 Å². The van der Waals surface area contributed by atoms with Crippen molar-refractivity contribution >= 4 is 11.6 Å². The minimum Gasteiger partial charge on any atom is -0.391 e. The molecule has 0 aromatic heterocycles. The summed E-state index contributed by atoms with van der Waals surface area (Å²) >= 11 is 0. The van der Waals surface area contributed by atoms with Crippen LogP contribution in [0.4, 0.5) is 5.69 Å². The van der Waals surface area contributed by atoms with Crippen LogP contribution in [0.1, 0.15) is 12.5 Å². The maximum absolute atomic E-state index is 12.1. The van der Waals surface area contributed by atoms with Crippen LogP contribution in [0.3, 0.4) is 0 Å². The van der Waals surface area contributed by atoms with Gasteiger partial charge in [-0.05, 0) is 0 Å². The first-order chi connectivity index (χ1) is 8.99. The van der Waals surface area contributed by atoms with Crippen molar-refractivity contribution in [2.24, 2.45) is 5.92 Å². The van der Waals surface area contributed by atoms with E-state index in [-0.39, 0.29) is 23.9 Å². The zero-order valence-corrected chi connectivity index (χ0v) is 10.7. The van der Waals surface area contributed by atoms with E-state index in [9.17, 15) is 20.0 Å². The molecule has 0 radical (unpaired) electrons. The monoisotopic (exact) mass is 264 g/mol. The molecule has 19 heavy (non-hydrogen) atoms. The predicted octanol–water partition coefficient (Wildman–Crippen LogP) is 0.976. The van der Waals surface area contributed by atoms with Gasteiger partial charge in [0, 0.05) is 30.6 Å². The van der Waals surface area contributed by atoms with E-state index in [1.807, 2.05) is 6.92 Å². The topological polar surface area (TPSA) is 83.7 Å². The number of β-amino-alcohol motifs (C(OH)–C–C–N with tert-alkyl or cyclic N) is 1. The first kappa shape index (κ1) is 13.5. The van der Waals surface area contributed by atoms with E-state index in [0.29, 0.717) is 18.7 Å². The number of para-hydroxylation sites is 1. The number of benzene rings is 1. The second-order valence-corrected chi connectivity index (χ2v) is 4.91. The molecular weight excluding hydrogens is 248 g/mol. The molecule has 6 heteroatoms. The third-order valence-electron chi connectivity index (χ3n) is 3.46. The number of likely N-dealkylation sites (tertiary alicyclic amines) is 1. The standard InChI is InChI=1S/C13H16N2O4/c1-9-7-14(8-12(9)16)13(17)6-10-4-2-3-5-11(10)15(18)19/h2-5,9,12,16H,6-8H2,1H3/t9-,12-/m1/s1. The van der Waals surface area contributed by atoms with Gasteiger partial charge in [-0.1, -0.05) is 25.1 Å². The van der Waals surface area contributed by atoms with Crippen LogP contribution in [0.2, 0.25) is 0 Å². The molecule has 1 amide bonds. The maximum Gasteiger partial charge on any atom is 0.273 e. The average Bonchev–Trinajstić information content (AvgIpc) is 2.70. The summed E-state index contributed by atoms with van der Waals surface area (Å²) in [5, 5.41) is 20.5. The second-order valence-electron chi connectivity index (χ2n) is 4.91. The Hall–Kier alpha value is -1.95. The van der Waals surface area contributed by atoms with Gasteiger partial charge in [0.1, 0.15) is 0 Å². The Morgan fingerprint density at radius 2 is 2.16 bits per heavy atom. The minimum absolute atomic E-state index is 0.00338. The van der Waals surface area contributed by atoms with E-state index in [4.69, 9.17) is 0 Å². The summed E-state index contributed by atoms with van der Waals surface area (Å²) in [7, 11) is 0. The molecule has 1 aliphatic heterocycles. The normalized spacial score (nSPS) is 22.5. The molecule has 2 rings (SSSR count). The predicted molar refractivity (Wildman–Crippen MR) is 68.6 cm³/mol. The summed E-state index contributed by atoms with van der Waals surface area (Å²) in [6, 6.07) is 6.24. The number of rotatable bonds is 3. The second kappa shape index (κ2) is 5.36. The molecule has 0 bridgehead atoms. The van der Waals surface area contributed by atoms with Gasteiger partial charge in [-0.3, -0.25) is 14.9 Å². The summed E-state index contributed by atoms with van der Waals surface area (Å²) in [5.41, 5.74) is 0.371. The Kier molecular flexibility index (Phi) is 3.80. The molecule has 0 unspecified atom stereocenters. The molecule has 1 aliphatic rings. The van der Waals surface area contributed by atoms with Crippen LogP contribution in [0, 0.1) is 16.0 Å². The Labute approximate surface area is 110 Å². The lowest BCUT2D eigenvalue weighted by Gasteiger charge is -2.15. The maximum atomic E-state index is 12.1. The van der Waals surface area contributed by atoms with Gasteiger partial charge in [-0.15, -0.1) is 0 Å². The Morgan fingerprint density at radius 3 is 2.74 bits per heavy atom. The molecule has 2 atom stereocenters. The third-order valence-corrected chi connectivity index (χ3v) is 3.46. The number of nitro groups is 1. The molecule has 0 aliphatic carbocycles. The van der Waals surface area contributed by atoms with Crippen molar-refractivity contribution < 1.29 is 14.8 Å². The van der Waals surface area contributed by atoms with Crippen molar-refractivity contribution in [3.05, 3.63) is 39.9 Å². The molecule has 0 saturated carbocycles. The highest BCUT2D eigenvalue weighted by Crippen LogP contribution is 2.21. The van der Waals surface area contributed by atoms with E-state index in [1.54, 1.807) is 23.1 Å². The molecule has 1 aromatic rings. The van der Waals surface area contributed by atoms with Gasteiger partial charge in [0.15, 0.2) is 0 Å². The summed E-state index contributed by atoms with van der Waals surface area (Å²) in [4.78, 5) is 24.0. The van der Waals surface area contributed by atoms with Crippen LogP contribution in [-0.4, -0.2) is 40.0 Å². The minimum atomic E-state index is -0.505. The van der Waals surface area contributed by atoms with Gasteiger partial charge in [-0.25, -0.2) is 0 Å². The van der Waals surface area contributed by atoms with Crippen LogP contribution < -0.4 is 0 Å². The smallest absolute Gasteiger partial charge is 0.273 e. The Balaban J connectivity index is 2.10. The highest BCUT2D eigenvalue weighted by atomic mass is 16.6. The zero-order chi connectivity index (χ0) is 14.0. The SMILES string of the molecule is C[C@@H]1CN(C(=O)Cc2ccccc2[N+](=O)[O-])C[C@H]1O. The molecule has 102 valence electrons. The van der Waals surface area contributed by atoms with Crippen LogP contribution in [-0.2, 0) is 11.2 Å². The Bertz CT molecular complexity index is 493. The average molecular weight is 264 g/mol. The quantitative estimate of drug-likeness (QED) is 0.651. The van der Waals surface area contributed by atoms with Gasteiger partial charge in [0.2, 0.25) is 5.91 Å². The number of aliphatic hydroxyl groups excluding tert-OH is 1. The van der Waals surface area contributed by atoms with E-state index < -0.39 is 11.0 Å². The Morgan fingerprint density at radius 1 is 1.47 bits per heavy atom. The van der Waals surface area contributed by atoms with Gasteiger partial charge in [-0.2, -0.15) is 0 Å². The number of aliphatic hydroxyl groups is 1. The van der Waals surface area contributed by atoms with Crippen LogP contribution >= 0.6 is 0 Å². The van der Waals surface area contributed by atoms with Crippen molar-refractivity contribution in [3.63, 3.8) is 0 Å². The molecule has 1 N–H and O–H groups in total. The van der Waals surface area contributed by atoms with E-state index in [1.165, 1.54) is 6.07 Å². The lowest BCUT2D eigenvalue weighted by atomic mass is 10.1. The number of nitrogens with zero attached hydrogens (tertiary/aromatic N) is 2. The molecule has 0 spiro atoms. The van der Waals surface area contributed by atoms with Crippen LogP contribution in [0.15, 0.2) is 24.3 Å². The van der Waals surface area contributed by atoms with Crippen molar-refractivity contribution in [2.45, 2.75) is 19.4 Å². The summed E-state index contributed by atoms with van der Waals surface area (Å²) in [6.07, 6.45) is -0.508. The van der Waals surface area contributed by atoms with Gasteiger partial charge in [0.05, 0.1) is 17.4 Å². The lowest BCUT2D eigenvalue weighted by molar-refractivity contribution is -0.385. The molecule has 1 saturated heterocycles. The zero-order valence-electron chi connectivity index (χ0n) is 10.7. The number of hydrogen-bond acceptors (Lipinski definition) is 4. The van der Waals surface area contributed by atoms with E-state index in [2.05, 4.69) is 0 Å². The number of nitro benzene ring substituents is 1. The third kappa shape index (κ3) is 2.90. The number of hydrogen-bond donors (Lipinski definition) is 1. The molecular formula is C13H16N2O4. The number of carbonyl (C=O) groups excluding carboxylic acids is 1. The number of amides is 1. The summed E-state index contributed by atoms with van der Waals surface area (Å²) in [6.45, 7) is 2.68. The van der Waals surface area contributed by atoms with Crippen LogP contribution in [0.25, 0.3) is 0 Å². The highest BCUT2D eigenvalue weighted by Gasteiger charge is 2.31. The van der Waals surface area contributed by atoms with Crippen molar-refractivity contribution in [1.29, 1.82) is 0 Å². The van der Waals surface area contributed by atoms with Gasteiger partial charge in [0.25, 0.3) is 5.69 Å². The first-order valence-electron chi connectivity index (χ1n) is 6.17. The fourth-order valence-electron chi connectivity index (χ4n) is 2.27. The number of carbonyl (C=O) groups is 1. The fraction of sp³-hybridized carbons (Fsp3) is 0.462. The largest absolute Gasteiger partial charge is 0.391 e. The summed E-state index contributed by atoms with van der Waals surface area (Å²) in [5.74, 6) is -0.132. The van der Waals surface area contributed by atoms with Crippen molar-refractivity contribution in [2.75, 3.05) is 13.1 Å². The van der Waals surface area contributed by atoms with Crippen molar-refractivity contribution in [1.82, 2.24) is 4.90 Å². The summed E-state index contributed by atoms with van der Waals surface area (Å²) < 4.78 is 0. The lowest BCUT2D eigenvalue weighted by Crippen LogP contribution is -2.31. The highest BCUT2D eigenvalue weighted by molar-refractivity contribution is 5.80.